The molecule has 1 aromatic carbocycles. The molecule has 102 valence electrons. The number of nitrogens with two attached hydrogens (primary N) is 1. The Balaban J connectivity index is 2.27. The lowest BCUT2D eigenvalue weighted by atomic mass is 10.0. The van der Waals surface area contributed by atoms with Crippen LogP contribution < -0.4 is 11.3 Å². The summed E-state index contributed by atoms with van der Waals surface area (Å²) in [6.07, 6.45) is 2.25. The molecule has 0 aliphatic carbocycles. The van der Waals surface area contributed by atoms with E-state index >= 15 is 0 Å². The van der Waals surface area contributed by atoms with Crippen molar-refractivity contribution in [1.29, 1.82) is 0 Å². The molecule has 2 aromatic rings. The molecule has 1 atom stereocenters. The van der Waals surface area contributed by atoms with E-state index in [-0.39, 0.29) is 6.04 Å². The van der Waals surface area contributed by atoms with E-state index in [1.165, 1.54) is 0 Å². The van der Waals surface area contributed by atoms with Crippen molar-refractivity contribution in [1.82, 2.24) is 20.2 Å². The van der Waals surface area contributed by atoms with Gasteiger partial charge >= 0.3 is 0 Å². The first-order valence-corrected chi connectivity index (χ1v) is 7.52. The summed E-state index contributed by atoms with van der Waals surface area (Å²) in [5.41, 5.74) is 3.93. The van der Waals surface area contributed by atoms with Crippen LogP contribution in [0, 0.1) is 0 Å². The summed E-state index contributed by atoms with van der Waals surface area (Å²) in [7, 11) is 0. The van der Waals surface area contributed by atoms with E-state index in [4.69, 9.17) is 5.84 Å². The van der Waals surface area contributed by atoms with Crippen molar-refractivity contribution in [3.63, 3.8) is 0 Å². The Bertz CT molecular complexity index is 555. The van der Waals surface area contributed by atoms with E-state index in [0.717, 1.165) is 26.9 Å². The fraction of sp³-hybridized carbons (Fsp3) is 0.333. The van der Waals surface area contributed by atoms with Gasteiger partial charge in [-0.2, -0.15) is 5.10 Å². The first-order chi connectivity index (χ1) is 9.15. The van der Waals surface area contributed by atoms with Crippen molar-refractivity contribution in [2.75, 3.05) is 0 Å². The van der Waals surface area contributed by atoms with Crippen molar-refractivity contribution < 1.29 is 0 Å². The number of halogens is 2. The minimum Gasteiger partial charge on any atom is -0.271 e. The number of nitrogens with one attached hydrogen (secondary N) is 1. The van der Waals surface area contributed by atoms with E-state index in [9.17, 15) is 0 Å². The van der Waals surface area contributed by atoms with Crippen molar-refractivity contribution in [2.45, 2.75) is 25.9 Å². The summed E-state index contributed by atoms with van der Waals surface area (Å²) in [6, 6.07) is 5.99. The van der Waals surface area contributed by atoms with Gasteiger partial charge in [0, 0.05) is 21.9 Å². The first kappa shape index (κ1) is 14.6. The summed E-state index contributed by atoms with van der Waals surface area (Å²) >= 11 is 7.03. The normalized spacial score (nSPS) is 12.6. The monoisotopic (exact) mass is 387 g/mol. The smallest absolute Gasteiger partial charge is 0.138 e. The van der Waals surface area contributed by atoms with Gasteiger partial charge in [0.2, 0.25) is 0 Å². The van der Waals surface area contributed by atoms with E-state index in [1.54, 1.807) is 6.33 Å². The molecule has 0 bridgehead atoms. The van der Waals surface area contributed by atoms with Crippen molar-refractivity contribution in [3.05, 3.63) is 44.9 Å². The van der Waals surface area contributed by atoms with Crippen molar-refractivity contribution in [2.24, 2.45) is 5.84 Å². The molecule has 0 spiro atoms. The van der Waals surface area contributed by atoms with E-state index in [2.05, 4.69) is 47.4 Å². The third-order valence-electron chi connectivity index (χ3n) is 2.92. The standard InChI is InChI=1S/C12H15Br2N5/c1-2-19-12(16-7-17-19)6-11(18-15)9-5-8(13)3-4-10(9)14/h3-5,7,11,18H,2,6,15H2,1H3. The van der Waals surface area contributed by atoms with Gasteiger partial charge in [0.25, 0.3) is 0 Å². The molecule has 0 saturated carbocycles. The van der Waals surface area contributed by atoms with Gasteiger partial charge in [0.05, 0.1) is 6.04 Å². The maximum Gasteiger partial charge on any atom is 0.138 e. The molecule has 0 saturated heterocycles. The van der Waals surface area contributed by atoms with Gasteiger partial charge in [-0.15, -0.1) is 0 Å². The average molecular weight is 389 g/mol. The van der Waals surface area contributed by atoms with Crippen LogP contribution in [0.25, 0.3) is 0 Å². The Morgan fingerprint density at radius 2 is 2.21 bits per heavy atom. The fourth-order valence-electron chi connectivity index (χ4n) is 1.93. The van der Waals surface area contributed by atoms with Crippen LogP contribution in [-0.4, -0.2) is 14.8 Å². The molecule has 7 heteroatoms. The highest BCUT2D eigenvalue weighted by molar-refractivity contribution is 9.11. The quantitative estimate of drug-likeness (QED) is 0.610. The zero-order valence-electron chi connectivity index (χ0n) is 10.5. The Hall–Kier alpha value is -0.760. The van der Waals surface area contributed by atoms with Crippen LogP contribution in [0.15, 0.2) is 33.5 Å². The van der Waals surface area contributed by atoms with Gasteiger partial charge < -0.3 is 0 Å². The minimum atomic E-state index is -0.0265. The zero-order chi connectivity index (χ0) is 13.8. The van der Waals surface area contributed by atoms with Gasteiger partial charge in [-0.25, -0.2) is 4.98 Å². The topological polar surface area (TPSA) is 68.8 Å². The molecular formula is C12H15Br2N5. The molecule has 3 N–H and O–H groups in total. The molecule has 1 aromatic heterocycles. The van der Waals surface area contributed by atoms with E-state index < -0.39 is 0 Å². The molecule has 1 heterocycles. The Kier molecular flexibility index (Phi) is 5.09. The molecule has 0 aliphatic rings. The van der Waals surface area contributed by atoms with Gasteiger partial charge in [-0.1, -0.05) is 31.9 Å². The molecule has 0 aliphatic heterocycles. The minimum absolute atomic E-state index is 0.0265. The number of aryl methyl sites for hydroxylation is 1. The number of aromatic nitrogens is 3. The van der Waals surface area contributed by atoms with Gasteiger partial charge in [-0.3, -0.25) is 16.0 Å². The summed E-state index contributed by atoms with van der Waals surface area (Å²) in [5.74, 6) is 6.60. The highest BCUT2D eigenvalue weighted by Gasteiger charge is 2.17. The number of hydrazine groups is 1. The lowest BCUT2D eigenvalue weighted by Crippen LogP contribution is -2.30. The Labute approximate surface area is 128 Å². The lowest BCUT2D eigenvalue weighted by molar-refractivity contribution is 0.509. The van der Waals surface area contributed by atoms with Crippen molar-refractivity contribution in [3.8, 4) is 0 Å². The molecule has 0 fully saturated rings. The molecule has 0 amide bonds. The van der Waals surface area contributed by atoms with Crippen LogP contribution >= 0.6 is 31.9 Å². The second kappa shape index (κ2) is 6.60. The SMILES string of the molecule is CCn1ncnc1CC(NN)c1cc(Br)ccc1Br. The molecule has 19 heavy (non-hydrogen) atoms. The second-order valence-corrected chi connectivity index (χ2v) is 5.85. The summed E-state index contributed by atoms with van der Waals surface area (Å²) < 4.78 is 3.90. The number of benzene rings is 1. The molecule has 2 rings (SSSR count). The van der Waals surface area contributed by atoms with Crippen LogP contribution in [0.3, 0.4) is 0 Å². The summed E-state index contributed by atoms with van der Waals surface area (Å²) in [5, 5.41) is 4.17. The Morgan fingerprint density at radius 3 is 2.89 bits per heavy atom. The molecule has 1 unspecified atom stereocenters. The van der Waals surface area contributed by atoms with E-state index in [1.807, 2.05) is 29.8 Å². The zero-order valence-corrected chi connectivity index (χ0v) is 13.6. The molecule has 5 nitrogen and oxygen atoms in total. The van der Waals surface area contributed by atoms with Crippen LogP contribution in [-0.2, 0) is 13.0 Å². The largest absolute Gasteiger partial charge is 0.271 e. The summed E-state index contributed by atoms with van der Waals surface area (Å²) in [4.78, 5) is 4.28. The number of nitrogens with zero attached hydrogens (tertiary/aromatic N) is 3. The van der Waals surface area contributed by atoms with Crippen LogP contribution in [0.1, 0.15) is 24.4 Å². The highest BCUT2D eigenvalue weighted by Crippen LogP contribution is 2.28. The first-order valence-electron chi connectivity index (χ1n) is 5.93. The van der Waals surface area contributed by atoms with Crippen molar-refractivity contribution >= 4 is 31.9 Å². The van der Waals surface area contributed by atoms with Crippen LogP contribution in [0.4, 0.5) is 0 Å². The second-order valence-electron chi connectivity index (χ2n) is 4.08. The molecule has 0 radical (unpaired) electrons. The van der Waals surface area contributed by atoms with Gasteiger partial charge in [-0.05, 0) is 30.7 Å². The van der Waals surface area contributed by atoms with E-state index in [0.29, 0.717) is 6.42 Å². The molecular weight excluding hydrogens is 374 g/mol. The fourth-order valence-corrected chi connectivity index (χ4v) is 2.83. The maximum absolute atomic E-state index is 5.69. The number of hydrogen-bond donors (Lipinski definition) is 2. The van der Waals surface area contributed by atoms with Gasteiger partial charge in [0.1, 0.15) is 12.2 Å². The van der Waals surface area contributed by atoms with Gasteiger partial charge in [0.15, 0.2) is 0 Å². The van der Waals surface area contributed by atoms with Crippen LogP contribution in [0.5, 0.6) is 0 Å². The number of hydrogen-bond acceptors (Lipinski definition) is 4. The average Bonchev–Trinajstić information content (AvgIpc) is 2.86. The maximum atomic E-state index is 5.69. The predicted molar refractivity (Wildman–Crippen MR) is 81.3 cm³/mol. The highest BCUT2D eigenvalue weighted by atomic mass is 79.9. The predicted octanol–water partition coefficient (Wildman–Crippen LogP) is 2.57. The number of rotatable bonds is 5. The van der Waals surface area contributed by atoms with Crippen LogP contribution in [0.2, 0.25) is 0 Å². The third kappa shape index (κ3) is 3.42. The Morgan fingerprint density at radius 1 is 1.42 bits per heavy atom. The lowest BCUT2D eigenvalue weighted by Gasteiger charge is -2.18. The third-order valence-corrected chi connectivity index (χ3v) is 4.13. The summed E-state index contributed by atoms with van der Waals surface area (Å²) in [6.45, 7) is 2.84.